The minimum atomic E-state index is -0.237. The highest BCUT2D eigenvalue weighted by Crippen LogP contribution is 2.28. The number of carbonyl (C=O) groups is 1. The fourth-order valence-electron chi connectivity index (χ4n) is 1.70. The summed E-state index contributed by atoms with van der Waals surface area (Å²) in [6.45, 7) is 0.293. The highest BCUT2D eigenvalue weighted by Gasteiger charge is 2.11. The minimum absolute atomic E-state index is 0.237. The first kappa shape index (κ1) is 14.5. The standard InChI is InChI=1S/C14H14BrN3O2/c1-20-13-3-2-10(15)7-12(13)18-14(19)9-4-5-17-11(6-9)8-16/h2-7H,8,16H2,1H3,(H,18,19). The largest absolute Gasteiger partial charge is 0.495 e. The number of nitrogens with one attached hydrogen (secondary N) is 1. The molecular formula is C14H14BrN3O2. The van der Waals surface area contributed by atoms with Crippen LogP contribution < -0.4 is 15.8 Å². The van der Waals surface area contributed by atoms with Gasteiger partial charge >= 0.3 is 0 Å². The lowest BCUT2D eigenvalue weighted by molar-refractivity contribution is 0.102. The number of benzene rings is 1. The van der Waals surface area contributed by atoms with Gasteiger partial charge in [-0.2, -0.15) is 0 Å². The number of amides is 1. The molecule has 0 aliphatic heterocycles. The molecule has 1 aromatic heterocycles. The SMILES string of the molecule is COc1ccc(Br)cc1NC(=O)c1ccnc(CN)c1. The van der Waals surface area contributed by atoms with Crippen LogP contribution in [0.4, 0.5) is 5.69 Å². The Hall–Kier alpha value is -1.92. The Bertz CT molecular complexity index is 632. The third-order valence-electron chi connectivity index (χ3n) is 2.70. The predicted octanol–water partition coefficient (Wildman–Crippen LogP) is 2.56. The van der Waals surface area contributed by atoms with Crippen LogP contribution in [0.1, 0.15) is 16.1 Å². The molecule has 0 spiro atoms. The maximum absolute atomic E-state index is 12.2. The van der Waals surface area contributed by atoms with Crippen LogP contribution in [0.3, 0.4) is 0 Å². The summed E-state index contributed by atoms with van der Waals surface area (Å²) in [5.41, 5.74) is 7.28. The lowest BCUT2D eigenvalue weighted by Gasteiger charge is -2.11. The van der Waals surface area contributed by atoms with Gasteiger partial charge in [0.25, 0.3) is 5.91 Å². The molecule has 0 unspecified atom stereocenters. The molecule has 0 aliphatic rings. The molecule has 5 nitrogen and oxygen atoms in total. The minimum Gasteiger partial charge on any atom is -0.495 e. The second kappa shape index (κ2) is 6.49. The lowest BCUT2D eigenvalue weighted by atomic mass is 10.2. The number of nitrogens with zero attached hydrogens (tertiary/aromatic N) is 1. The van der Waals surface area contributed by atoms with Crippen molar-refractivity contribution in [3.63, 3.8) is 0 Å². The first-order valence-electron chi connectivity index (χ1n) is 5.94. The van der Waals surface area contributed by atoms with Crippen molar-refractivity contribution in [3.8, 4) is 5.75 Å². The summed E-state index contributed by atoms with van der Waals surface area (Å²) < 4.78 is 6.07. The van der Waals surface area contributed by atoms with Gasteiger partial charge < -0.3 is 15.8 Å². The van der Waals surface area contributed by atoms with Gasteiger partial charge in [0, 0.05) is 22.8 Å². The number of nitrogens with two attached hydrogens (primary N) is 1. The van der Waals surface area contributed by atoms with Crippen molar-refractivity contribution in [1.29, 1.82) is 0 Å². The Morgan fingerprint density at radius 2 is 2.20 bits per heavy atom. The molecule has 2 rings (SSSR count). The van der Waals surface area contributed by atoms with Crippen LogP contribution in [0.5, 0.6) is 5.75 Å². The van der Waals surface area contributed by atoms with Gasteiger partial charge in [-0.1, -0.05) is 15.9 Å². The Morgan fingerprint density at radius 3 is 2.90 bits per heavy atom. The highest BCUT2D eigenvalue weighted by atomic mass is 79.9. The average Bonchev–Trinajstić information content (AvgIpc) is 2.47. The van der Waals surface area contributed by atoms with E-state index >= 15 is 0 Å². The first-order valence-corrected chi connectivity index (χ1v) is 6.73. The number of aromatic nitrogens is 1. The van der Waals surface area contributed by atoms with Crippen molar-refractivity contribution < 1.29 is 9.53 Å². The molecule has 20 heavy (non-hydrogen) atoms. The summed E-state index contributed by atoms with van der Waals surface area (Å²) in [6.07, 6.45) is 1.56. The molecule has 0 atom stereocenters. The van der Waals surface area contributed by atoms with Gasteiger partial charge in [0.15, 0.2) is 0 Å². The van der Waals surface area contributed by atoms with E-state index in [1.54, 1.807) is 37.6 Å². The molecule has 104 valence electrons. The summed E-state index contributed by atoms with van der Waals surface area (Å²) in [5, 5.41) is 2.81. The van der Waals surface area contributed by atoms with E-state index in [9.17, 15) is 4.79 Å². The highest BCUT2D eigenvalue weighted by molar-refractivity contribution is 9.10. The summed E-state index contributed by atoms with van der Waals surface area (Å²) in [5.74, 6) is 0.355. The van der Waals surface area contributed by atoms with Crippen molar-refractivity contribution in [1.82, 2.24) is 4.98 Å². The maximum atomic E-state index is 12.2. The smallest absolute Gasteiger partial charge is 0.255 e. The van der Waals surface area contributed by atoms with Crippen LogP contribution >= 0.6 is 15.9 Å². The predicted molar refractivity (Wildman–Crippen MR) is 80.8 cm³/mol. The van der Waals surface area contributed by atoms with Crippen LogP contribution in [0, 0.1) is 0 Å². The van der Waals surface area contributed by atoms with Crippen molar-refractivity contribution in [2.45, 2.75) is 6.54 Å². The second-order valence-corrected chi connectivity index (χ2v) is 4.95. The molecule has 0 saturated heterocycles. The molecule has 0 bridgehead atoms. The van der Waals surface area contributed by atoms with Gasteiger partial charge in [-0.05, 0) is 30.3 Å². The topological polar surface area (TPSA) is 77.2 Å². The van der Waals surface area contributed by atoms with Gasteiger partial charge in [0.1, 0.15) is 5.75 Å². The lowest BCUT2D eigenvalue weighted by Crippen LogP contribution is -2.14. The molecule has 0 radical (unpaired) electrons. The number of hydrogen-bond acceptors (Lipinski definition) is 4. The first-order chi connectivity index (χ1) is 9.63. The number of halogens is 1. The molecule has 1 heterocycles. The number of carbonyl (C=O) groups excluding carboxylic acids is 1. The van der Waals surface area contributed by atoms with E-state index in [1.807, 2.05) is 6.07 Å². The van der Waals surface area contributed by atoms with E-state index in [-0.39, 0.29) is 5.91 Å². The van der Waals surface area contributed by atoms with Crippen LogP contribution in [-0.2, 0) is 6.54 Å². The van der Waals surface area contributed by atoms with Gasteiger partial charge in [-0.3, -0.25) is 9.78 Å². The molecule has 3 N–H and O–H groups in total. The fourth-order valence-corrected chi connectivity index (χ4v) is 2.06. The van der Waals surface area contributed by atoms with Crippen molar-refractivity contribution in [2.24, 2.45) is 5.73 Å². The van der Waals surface area contributed by atoms with E-state index < -0.39 is 0 Å². The van der Waals surface area contributed by atoms with E-state index in [2.05, 4.69) is 26.2 Å². The number of methoxy groups -OCH3 is 1. The average molecular weight is 336 g/mol. The molecule has 6 heteroatoms. The Labute approximate surface area is 125 Å². The quantitative estimate of drug-likeness (QED) is 0.900. The number of hydrogen-bond donors (Lipinski definition) is 2. The van der Waals surface area contributed by atoms with Crippen molar-refractivity contribution in [3.05, 3.63) is 52.3 Å². The number of anilines is 1. The molecule has 2 aromatic rings. The zero-order valence-electron chi connectivity index (χ0n) is 10.9. The molecular weight excluding hydrogens is 322 g/mol. The van der Waals surface area contributed by atoms with Crippen LogP contribution in [0.15, 0.2) is 41.0 Å². The number of ether oxygens (including phenoxy) is 1. The summed E-state index contributed by atoms with van der Waals surface area (Å²) in [4.78, 5) is 16.3. The Kier molecular flexibility index (Phi) is 4.70. The molecule has 0 aliphatic carbocycles. The van der Waals surface area contributed by atoms with Crippen LogP contribution in [0.2, 0.25) is 0 Å². The number of pyridine rings is 1. The summed E-state index contributed by atoms with van der Waals surface area (Å²) in [6, 6.07) is 8.70. The van der Waals surface area contributed by atoms with E-state index in [4.69, 9.17) is 10.5 Å². The van der Waals surface area contributed by atoms with Crippen molar-refractivity contribution in [2.75, 3.05) is 12.4 Å². The van der Waals surface area contributed by atoms with Gasteiger partial charge in [0.05, 0.1) is 18.5 Å². The Morgan fingerprint density at radius 1 is 1.40 bits per heavy atom. The third-order valence-corrected chi connectivity index (χ3v) is 3.19. The maximum Gasteiger partial charge on any atom is 0.255 e. The van der Waals surface area contributed by atoms with Gasteiger partial charge in [0.2, 0.25) is 0 Å². The number of rotatable bonds is 4. The molecule has 1 amide bonds. The van der Waals surface area contributed by atoms with Gasteiger partial charge in [-0.25, -0.2) is 0 Å². The normalized spacial score (nSPS) is 10.2. The zero-order chi connectivity index (χ0) is 14.5. The summed E-state index contributed by atoms with van der Waals surface area (Å²) >= 11 is 3.36. The summed E-state index contributed by atoms with van der Waals surface area (Å²) in [7, 11) is 1.55. The molecule has 0 fully saturated rings. The van der Waals surface area contributed by atoms with Gasteiger partial charge in [-0.15, -0.1) is 0 Å². The van der Waals surface area contributed by atoms with E-state index in [1.165, 1.54) is 0 Å². The second-order valence-electron chi connectivity index (χ2n) is 4.04. The van der Waals surface area contributed by atoms with E-state index in [0.717, 1.165) is 4.47 Å². The third kappa shape index (κ3) is 3.34. The van der Waals surface area contributed by atoms with Crippen molar-refractivity contribution >= 4 is 27.5 Å². The fraction of sp³-hybridized carbons (Fsp3) is 0.143. The van der Waals surface area contributed by atoms with Crippen LogP contribution in [0.25, 0.3) is 0 Å². The molecule has 0 saturated carbocycles. The Balaban J connectivity index is 2.25. The zero-order valence-corrected chi connectivity index (χ0v) is 12.5. The van der Waals surface area contributed by atoms with E-state index in [0.29, 0.717) is 29.2 Å². The monoisotopic (exact) mass is 335 g/mol. The van der Waals surface area contributed by atoms with Crippen LogP contribution in [-0.4, -0.2) is 18.0 Å². The molecule has 1 aromatic carbocycles.